The first-order valence-corrected chi connectivity index (χ1v) is 12.6. The molecule has 1 fully saturated rings. The number of nitrogens with one attached hydrogen (secondary N) is 1. The molecule has 6 nitrogen and oxygen atoms in total. The molecule has 0 radical (unpaired) electrons. The van der Waals surface area contributed by atoms with Gasteiger partial charge in [0.25, 0.3) is 5.91 Å². The quantitative estimate of drug-likeness (QED) is 0.398. The molecule has 5 rings (SSSR count). The summed E-state index contributed by atoms with van der Waals surface area (Å²) >= 11 is 1.64. The van der Waals surface area contributed by atoms with Crippen molar-refractivity contribution in [3.63, 3.8) is 0 Å². The van der Waals surface area contributed by atoms with Gasteiger partial charge in [0.15, 0.2) is 0 Å². The maximum atomic E-state index is 12.7. The number of benzene rings is 3. The van der Waals surface area contributed by atoms with Crippen LogP contribution in [-0.4, -0.2) is 38.6 Å². The van der Waals surface area contributed by atoms with E-state index in [1.165, 1.54) is 5.56 Å². The van der Waals surface area contributed by atoms with Crippen molar-refractivity contribution in [2.75, 3.05) is 12.3 Å². The predicted molar refractivity (Wildman–Crippen MR) is 138 cm³/mol. The minimum absolute atomic E-state index is 0.0164. The van der Waals surface area contributed by atoms with Gasteiger partial charge in [-0.05, 0) is 47.4 Å². The van der Waals surface area contributed by atoms with Crippen LogP contribution < -0.4 is 5.32 Å². The lowest BCUT2D eigenvalue weighted by Crippen LogP contribution is -2.30. The van der Waals surface area contributed by atoms with E-state index in [0.717, 1.165) is 23.2 Å². The maximum absolute atomic E-state index is 12.7. The molecule has 1 unspecified atom stereocenters. The van der Waals surface area contributed by atoms with E-state index < -0.39 is 0 Å². The minimum Gasteiger partial charge on any atom is -0.348 e. The lowest BCUT2D eigenvalue weighted by molar-refractivity contribution is -0.128. The van der Waals surface area contributed by atoms with Gasteiger partial charge in [-0.3, -0.25) is 9.59 Å². The fourth-order valence-corrected chi connectivity index (χ4v) is 5.37. The number of rotatable bonds is 8. The third-order valence-corrected chi connectivity index (χ3v) is 7.36. The van der Waals surface area contributed by atoms with Gasteiger partial charge in [-0.15, -0.1) is 11.8 Å². The molecule has 1 aliphatic rings. The van der Waals surface area contributed by atoms with Crippen molar-refractivity contribution >= 4 is 23.6 Å². The van der Waals surface area contributed by atoms with Crippen LogP contribution in [0.1, 0.15) is 32.4 Å². The number of thioether (sulfide) groups is 1. The van der Waals surface area contributed by atoms with E-state index in [1.807, 2.05) is 82.4 Å². The van der Waals surface area contributed by atoms with Gasteiger partial charge in [-0.25, -0.2) is 4.98 Å². The highest BCUT2D eigenvalue weighted by Gasteiger charge is 2.32. The van der Waals surface area contributed by atoms with Crippen molar-refractivity contribution in [2.24, 2.45) is 0 Å². The molecule has 176 valence electrons. The molecular formula is C28H26N4O2S. The fourth-order valence-electron chi connectivity index (χ4n) is 4.15. The average Bonchev–Trinajstić information content (AvgIpc) is 3.57. The molecule has 1 aliphatic heterocycles. The molecule has 2 amide bonds. The number of carbonyl (C=O) groups is 2. The van der Waals surface area contributed by atoms with Crippen LogP contribution in [0.15, 0.2) is 97.6 Å². The monoisotopic (exact) mass is 482 g/mol. The van der Waals surface area contributed by atoms with Gasteiger partial charge in [0.05, 0.1) is 12.1 Å². The molecule has 1 aromatic heterocycles. The lowest BCUT2D eigenvalue weighted by atomic mass is 10.1. The average molecular weight is 483 g/mol. The number of hydrogen-bond acceptors (Lipinski definition) is 4. The lowest BCUT2D eigenvalue weighted by Gasteiger charge is -2.24. The van der Waals surface area contributed by atoms with Gasteiger partial charge in [-0.1, -0.05) is 54.6 Å². The highest BCUT2D eigenvalue weighted by Crippen LogP contribution is 2.38. The Hall–Kier alpha value is -3.84. The number of imidazole rings is 1. The zero-order valence-corrected chi connectivity index (χ0v) is 20.0. The van der Waals surface area contributed by atoms with Crippen molar-refractivity contribution in [3.8, 4) is 5.69 Å². The number of carbonyl (C=O) groups excluding carboxylic acids is 2. The summed E-state index contributed by atoms with van der Waals surface area (Å²) in [6.45, 7) is 1.13. The summed E-state index contributed by atoms with van der Waals surface area (Å²) in [6.07, 6.45) is 6.21. The summed E-state index contributed by atoms with van der Waals surface area (Å²) in [5, 5.41) is 2.97. The molecular weight excluding hydrogens is 456 g/mol. The maximum Gasteiger partial charge on any atom is 0.251 e. The summed E-state index contributed by atoms with van der Waals surface area (Å²) in [7, 11) is 0. The van der Waals surface area contributed by atoms with Crippen LogP contribution in [0.25, 0.3) is 5.69 Å². The van der Waals surface area contributed by atoms with Crippen LogP contribution in [0.4, 0.5) is 0 Å². The Morgan fingerprint density at radius 1 is 0.971 bits per heavy atom. The number of hydrogen-bond donors (Lipinski definition) is 1. The number of nitrogens with zero attached hydrogens (tertiary/aromatic N) is 3. The van der Waals surface area contributed by atoms with E-state index in [9.17, 15) is 9.59 Å². The van der Waals surface area contributed by atoms with Crippen LogP contribution in [-0.2, 0) is 17.8 Å². The smallest absolute Gasteiger partial charge is 0.251 e. The summed E-state index contributed by atoms with van der Waals surface area (Å²) in [5.74, 6) is 0.532. The SMILES string of the molecule is O=C(NCc1ccc(-n2ccnc2)cc1)c1ccc(C2SCC(=O)N2CCc2ccccc2)cc1. The Bertz CT molecular complexity index is 1270. The van der Waals surface area contributed by atoms with Crippen LogP contribution in [0.5, 0.6) is 0 Å². The Morgan fingerprint density at radius 3 is 2.46 bits per heavy atom. The molecule has 3 aromatic carbocycles. The van der Waals surface area contributed by atoms with Gasteiger partial charge in [0.1, 0.15) is 5.37 Å². The summed E-state index contributed by atoms with van der Waals surface area (Å²) in [5.41, 5.74) is 4.91. The fraction of sp³-hybridized carbons (Fsp3) is 0.179. The van der Waals surface area contributed by atoms with Crippen molar-refractivity contribution in [1.82, 2.24) is 19.8 Å². The minimum atomic E-state index is -0.119. The molecule has 0 spiro atoms. The second-order valence-electron chi connectivity index (χ2n) is 8.43. The van der Waals surface area contributed by atoms with E-state index in [0.29, 0.717) is 24.4 Å². The molecule has 4 aromatic rings. The third kappa shape index (κ3) is 5.46. The second kappa shape index (κ2) is 10.6. The molecule has 35 heavy (non-hydrogen) atoms. The first kappa shape index (κ1) is 22.9. The summed E-state index contributed by atoms with van der Waals surface area (Å²) in [6, 6.07) is 25.8. The normalized spacial score (nSPS) is 15.4. The molecule has 0 bridgehead atoms. The zero-order valence-electron chi connectivity index (χ0n) is 19.2. The van der Waals surface area contributed by atoms with Gasteiger partial charge in [-0.2, -0.15) is 0 Å². The first-order chi connectivity index (χ1) is 17.2. The van der Waals surface area contributed by atoms with Crippen molar-refractivity contribution in [2.45, 2.75) is 18.3 Å². The van der Waals surface area contributed by atoms with Gasteiger partial charge < -0.3 is 14.8 Å². The Morgan fingerprint density at radius 2 is 1.74 bits per heavy atom. The molecule has 1 atom stereocenters. The van der Waals surface area contributed by atoms with Gasteiger partial charge in [0.2, 0.25) is 5.91 Å². The van der Waals surface area contributed by atoms with Crippen LogP contribution in [0.3, 0.4) is 0 Å². The van der Waals surface area contributed by atoms with Gasteiger partial charge >= 0.3 is 0 Å². The first-order valence-electron chi connectivity index (χ1n) is 11.6. The number of aromatic nitrogens is 2. The molecule has 2 heterocycles. The third-order valence-electron chi connectivity index (χ3n) is 6.10. The molecule has 0 aliphatic carbocycles. The van der Waals surface area contributed by atoms with E-state index in [-0.39, 0.29) is 17.2 Å². The topological polar surface area (TPSA) is 67.2 Å². The standard InChI is InChI=1S/C28H26N4O2S/c33-26-19-35-28(32(26)16-14-21-4-2-1-3-5-21)24-10-8-23(9-11-24)27(34)30-18-22-6-12-25(13-7-22)31-17-15-29-20-31/h1-13,15,17,20,28H,14,16,18-19H2,(H,30,34). The highest BCUT2D eigenvalue weighted by atomic mass is 32.2. The number of amides is 2. The van der Waals surface area contributed by atoms with E-state index in [4.69, 9.17) is 0 Å². The predicted octanol–water partition coefficient (Wildman–Crippen LogP) is 4.62. The summed E-state index contributed by atoms with van der Waals surface area (Å²) in [4.78, 5) is 31.2. The van der Waals surface area contributed by atoms with Crippen molar-refractivity contribution in [3.05, 3.63) is 120 Å². The zero-order chi connectivity index (χ0) is 24.0. The van der Waals surface area contributed by atoms with Crippen molar-refractivity contribution < 1.29 is 9.59 Å². The molecule has 1 N–H and O–H groups in total. The molecule has 1 saturated heterocycles. The van der Waals surface area contributed by atoms with Crippen molar-refractivity contribution in [1.29, 1.82) is 0 Å². The van der Waals surface area contributed by atoms with Crippen LogP contribution >= 0.6 is 11.8 Å². The largest absolute Gasteiger partial charge is 0.348 e. The van der Waals surface area contributed by atoms with Crippen LogP contribution in [0.2, 0.25) is 0 Å². The highest BCUT2D eigenvalue weighted by molar-refractivity contribution is 8.00. The van der Waals surface area contributed by atoms with E-state index in [2.05, 4.69) is 22.4 Å². The Labute approximate surface area is 209 Å². The van der Waals surface area contributed by atoms with Gasteiger partial charge in [0, 0.05) is 36.7 Å². The van der Waals surface area contributed by atoms with Crippen LogP contribution in [0, 0.1) is 0 Å². The summed E-state index contributed by atoms with van der Waals surface area (Å²) < 4.78 is 1.93. The van der Waals surface area contributed by atoms with E-state index >= 15 is 0 Å². The van der Waals surface area contributed by atoms with E-state index in [1.54, 1.807) is 24.3 Å². The second-order valence-corrected chi connectivity index (χ2v) is 9.50. The molecule has 7 heteroatoms. The Balaban J connectivity index is 1.18. The Kier molecular flexibility index (Phi) is 6.95. The molecule has 0 saturated carbocycles.